The number of aliphatic carboxylic acids is 2. The van der Waals surface area contributed by atoms with E-state index in [1.54, 1.807) is 30.3 Å². The van der Waals surface area contributed by atoms with Gasteiger partial charge in [0.25, 0.3) is 0 Å². The second kappa shape index (κ2) is 15.8. The number of thioether (sulfide) groups is 1. The summed E-state index contributed by atoms with van der Waals surface area (Å²) in [7, 11) is 0. The molecule has 2 atom stereocenters. The number of carboxylic acids is 2. The van der Waals surface area contributed by atoms with Crippen molar-refractivity contribution in [2.75, 3.05) is 12.3 Å². The predicted molar refractivity (Wildman–Crippen MR) is 136 cm³/mol. The third-order valence-electron chi connectivity index (χ3n) is 4.92. The van der Waals surface area contributed by atoms with Crippen LogP contribution in [-0.4, -0.2) is 64.4 Å². The maximum absolute atomic E-state index is 12.5. The lowest BCUT2D eigenvalue weighted by molar-refractivity contribution is -0.139. The van der Waals surface area contributed by atoms with E-state index < -0.39 is 48.5 Å². The fraction of sp³-hybridized carbons (Fsp3) is 0.320. The maximum atomic E-state index is 12.5. The van der Waals surface area contributed by atoms with Gasteiger partial charge in [-0.05, 0) is 17.5 Å². The van der Waals surface area contributed by atoms with E-state index in [9.17, 15) is 29.1 Å². The zero-order valence-electron chi connectivity index (χ0n) is 19.9. The van der Waals surface area contributed by atoms with Gasteiger partial charge in [-0.1, -0.05) is 60.7 Å². The Hall–Kier alpha value is -4.06. The van der Waals surface area contributed by atoms with Crippen LogP contribution < -0.4 is 16.0 Å². The average Bonchev–Trinajstić information content (AvgIpc) is 2.88. The molecular weight excluding hydrogens is 502 g/mol. The molecule has 0 aliphatic carbocycles. The summed E-state index contributed by atoms with van der Waals surface area (Å²) in [5, 5.41) is 25.2. The van der Waals surface area contributed by atoms with E-state index >= 15 is 0 Å². The van der Waals surface area contributed by atoms with E-state index in [0.717, 1.165) is 11.1 Å². The summed E-state index contributed by atoms with van der Waals surface area (Å²) < 4.78 is 5.02. The van der Waals surface area contributed by atoms with Gasteiger partial charge in [0.2, 0.25) is 11.8 Å². The van der Waals surface area contributed by atoms with E-state index in [1.807, 2.05) is 30.3 Å². The van der Waals surface area contributed by atoms with Crippen molar-refractivity contribution in [1.29, 1.82) is 0 Å². The van der Waals surface area contributed by atoms with Gasteiger partial charge >= 0.3 is 18.0 Å². The zero-order valence-corrected chi connectivity index (χ0v) is 20.7. The third kappa shape index (κ3) is 12.0. The number of hydrogen-bond donors (Lipinski definition) is 5. The first-order valence-electron chi connectivity index (χ1n) is 11.3. The zero-order chi connectivity index (χ0) is 27.0. The Bertz CT molecular complexity index is 1050. The van der Waals surface area contributed by atoms with Crippen LogP contribution >= 0.6 is 11.8 Å². The predicted octanol–water partition coefficient (Wildman–Crippen LogP) is 1.77. The molecule has 0 aliphatic heterocycles. The molecular formula is C25H29N3O8S. The Morgan fingerprint density at radius 1 is 0.838 bits per heavy atom. The summed E-state index contributed by atoms with van der Waals surface area (Å²) in [6.45, 7) is -0.655. The largest absolute Gasteiger partial charge is 0.480 e. The Kier molecular flexibility index (Phi) is 12.5. The van der Waals surface area contributed by atoms with Crippen LogP contribution in [0.1, 0.15) is 24.0 Å². The molecule has 11 nitrogen and oxygen atoms in total. The summed E-state index contributed by atoms with van der Waals surface area (Å²) in [4.78, 5) is 59.3. The lowest BCUT2D eigenvalue weighted by Crippen LogP contribution is -2.49. The number of hydrogen-bond acceptors (Lipinski definition) is 7. The molecule has 2 aromatic carbocycles. The van der Waals surface area contributed by atoms with Crippen LogP contribution in [0.5, 0.6) is 0 Å². The summed E-state index contributed by atoms with van der Waals surface area (Å²) in [5.74, 6) is -3.15. The molecule has 3 amide bonds. The van der Waals surface area contributed by atoms with Gasteiger partial charge in [-0.3, -0.25) is 14.4 Å². The van der Waals surface area contributed by atoms with Crippen molar-refractivity contribution < 1.29 is 38.9 Å². The number of carboxylic acid groups (broad SMARTS) is 2. The highest BCUT2D eigenvalue weighted by Crippen LogP contribution is 2.13. The Balaban J connectivity index is 1.86. The van der Waals surface area contributed by atoms with Crippen molar-refractivity contribution in [3.8, 4) is 0 Å². The molecule has 0 aliphatic rings. The van der Waals surface area contributed by atoms with Crippen LogP contribution in [0.25, 0.3) is 0 Å². The van der Waals surface area contributed by atoms with E-state index in [-0.39, 0.29) is 25.2 Å². The normalized spacial score (nSPS) is 12.0. The number of carbonyl (C=O) groups is 5. The van der Waals surface area contributed by atoms with Gasteiger partial charge < -0.3 is 30.9 Å². The van der Waals surface area contributed by atoms with Gasteiger partial charge in [0, 0.05) is 17.9 Å². The van der Waals surface area contributed by atoms with Gasteiger partial charge in [-0.2, -0.15) is 11.8 Å². The van der Waals surface area contributed by atoms with Gasteiger partial charge in [0.05, 0.1) is 0 Å². The van der Waals surface area contributed by atoms with Crippen LogP contribution in [0, 0.1) is 0 Å². The van der Waals surface area contributed by atoms with E-state index in [0.29, 0.717) is 5.75 Å². The number of benzene rings is 2. The van der Waals surface area contributed by atoms with E-state index in [4.69, 9.17) is 9.84 Å². The first kappa shape index (κ1) is 29.2. The Morgan fingerprint density at radius 2 is 1.46 bits per heavy atom. The summed E-state index contributed by atoms with van der Waals surface area (Å²) in [6.07, 6.45) is -1.50. The second-order valence-electron chi connectivity index (χ2n) is 7.87. The van der Waals surface area contributed by atoms with Crippen LogP contribution in [0.2, 0.25) is 0 Å². The molecule has 0 spiro atoms. The molecule has 37 heavy (non-hydrogen) atoms. The highest BCUT2D eigenvalue weighted by Gasteiger charge is 2.25. The van der Waals surface area contributed by atoms with Crippen LogP contribution in [-0.2, 0) is 36.3 Å². The monoisotopic (exact) mass is 531 g/mol. The molecule has 0 fully saturated rings. The molecule has 2 rings (SSSR count). The minimum atomic E-state index is -1.39. The maximum Gasteiger partial charge on any atom is 0.408 e. The first-order chi connectivity index (χ1) is 17.7. The molecule has 198 valence electrons. The number of alkyl carbamates (subject to hydrolysis) is 1. The van der Waals surface area contributed by atoms with E-state index in [2.05, 4.69) is 16.0 Å². The average molecular weight is 532 g/mol. The van der Waals surface area contributed by atoms with Crippen molar-refractivity contribution in [1.82, 2.24) is 16.0 Å². The highest BCUT2D eigenvalue weighted by molar-refractivity contribution is 7.98. The van der Waals surface area contributed by atoms with Crippen molar-refractivity contribution in [2.24, 2.45) is 0 Å². The van der Waals surface area contributed by atoms with E-state index in [1.165, 1.54) is 11.8 Å². The number of carbonyl (C=O) groups excluding carboxylic acids is 3. The van der Waals surface area contributed by atoms with Gasteiger partial charge in [0.15, 0.2) is 0 Å². The quantitative estimate of drug-likeness (QED) is 0.230. The molecule has 2 aromatic rings. The molecule has 5 N–H and O–H groups in total. The molecule has 0 saturated carbocycles. The molecule has 0 bridgehead atoms. The van der Waals surface area contributed by atoms with Crippen LogP contribution in [0.4, 0.5) is 4.79 Å². The van der Waals surface area contributed by atoms with Crippen molar-refractivity contribution in [2.45, 2.75) is 37.3 Å². The molecule has 2 unspecified atom stereocenters. The topological polar surface area (TPSA) is 171 Å². The van der Waals surface area contributed by atoms with Crippen LogP contribution in [0.15, 0.2) is 60.7 Å². The lowest BCUT2D eigenvalue weighted by atomic mass is 10.1. The molecule has 0 radical (unpaired) electrons. The fourth-order valence-electron chi connectivity index (χ4n) is 3.04. The SMILES string of the molecule is O=C(O)CNC(=O)C(CSCc1ccccc1)NC(=O)CCC(NC(=O)OCc1ccccc1)C(=O)O. The summed E-state index contributed by atoms with van der Waals surface area (Å²) >= 11 is 1.37. The van der Waals surface area contributed by atoms with Crippen molar-refractivity contribution in [3.63, 3.8) is 0 Å². The number of rotatable bonds is 15. The smallest absolute Gasteiger partial charge is 0.408 e. The number of amides is 3. The Labute approximate surface area is 218 Å². The second-order valence-corrected chi connectivity index (χ2v) is 8.90. The van der Waals surface area contributed by atoms with Crippen LogP contribution in [0.3, 0.4) is 0 Å². The molecule has 0 heterocycles. The van der Waals surface area contributed by atoms with Crippen molar-refractivity contribution >= 4 is 41.6 Å². The summed E-state index contributed by atoms with van der Waals surface area (Å²) in [6, 6.07) is 15.8. The lowest BCUT2D eigenvalue weighted by Gasteiger charge is -2.19. The number of ether oxygens (including phenoxy) is 1. The molecule has 0 aromatic heterocycles. The fourth-order valence-corrected chi connectivity index (χ4v) is 4.06. The standard InChI is InChI=1S/C25H29N3O8S/c29-21(12-11-19(24(33)34)28-25(35)36-14-17-7-3-1-4-8-17)27-20(23(32)26-13-22(30)31)16-37-15-18-9-5-2-6-10-18/h1-10,19-20H,11-16H2,(H,26,32)(H,27,29)(H,28,35)(H,30,31)(H,33,34). The molecule has 12 heteroatoms. The first-order valence-corrected chi connectivity index (χ1v) is 12.5. The van der Waals surface area contributed by atoms with Gasteiger partial charge in [-0.15, -0.1) is 0 Å². The van der Waals surface area contributed by atoms with Gasteiger partial charge in [0.1, 0.15) is 25.2 Å². The summed E-state index contributed by atoms with van der Waals surface area (Å²) in [5.41, 5.74) is 1.74. The third-order valence-corrected chi connectivity index (χ3v) is 6.03. The van der Waals surface area contributed by atoms with Crippen molar-refractivity contribution in [3.05, 3.63) is 71.8 Å². The molecule has 0 saturated heterocycles. The highest BCUT2D eigenvalue weighted by atomic mass is 32.2. The number of nitrogens with one attached hydrogen (secondary N) is 3. The Morgan fingerprint density at radius 3 is 2.05 bits per heavy atom. The minimum absolute atomic E-state index is 0.0483. The van der Waals surface area contributed by atoms with Gasteiger partial charge in [-0.25, -0.2) is 9.59 Å². The minimum Gasteiger partial charge on any atom is -0.480 e.